The van der Waals surface area contributed by atoms with Gasteiger partial charge in [0.15, 0.2) is 6.29 Å². The molecule has 6 nitrogen and oxygen atoms in total. The Labute approximate surface area is 129 Å². The van der Waals surface area contributed by atoms with Gasteiger partial charge in [-0.3, -0.25) is 0 Å². The van der Waals surface area contributed by atoms with Crippen LogP contribution in [0.3, 0.4) is 0 Å². The maximum Gasteiger partial charge on any atom is 0.184 e. The number of hydrogen-bond donors (Lipinski definition) is 3. The van der Waals surface area contributed by atoms with Crippen LogP contribution in [0.1, 0.15) is 5.56 Å². The lowest BCUT2D eigenvalue weighted by atomic mass is 9.99. The van der Waals surface area contributed by atoms with E-state index in [-0.39, 0.29) is 13.2 Å². The van der Waals surface area contributed by atoms with Gasteiger partial charge >= 0.3 is 0 Å². The zero-order valence-corrected chi connectivity index (χ0v) is 12.2. The topological polar surface area (TPSA) is 88.4 Å². The van der Waals surface area contributed by atoms with Crippen molar-refractivity contribution < 1.29 is 29.5 Å². The van der Waals surface area contributed by atoms with Gasteiger partial charge in [-0.15, -0.1) is 6.58 Å². The molecule has 1 aliphatic heterocycles. The van der Waals surface area contributed by atoms with E-state index in [1.807, 2.05) is 30.3 Å². The lowest BCUT2D eigenvalue weighted by Crippen LogP contribution is -2.59. The standard InChI is InChI=1S/C16H22O6/c1-2-8-21-15-13(17)12(22-16(19)14(15)18)10-20-9-11-6-4-3-5-7-11/h2-7,12-19H,1,8-10H2/t12-,13+,14-,15-,16+/m0/s1. The summed E-state index contributed by atoms with van der Waals surface area (Å²) in [6.45, 7) is 4.11. The maximum atomic E-state index is 10.2. The molecule has 22 heavy (non-hydrogen) atoms. The van der Waals surface area contributed by atoms with Gasteiger partial charge in [0.05, 0.1) is 19.8 Å². The average molecular weight is 310 g/mol. The lowest BCUT2D eigenvalue weighted by Gasteiger charge is -2.40. The molecule has 1 aromatic carbocycles. The van der Waals surface area contributed by atoms with E-state index < -0.39 is 30.7 Å². The predicted molar refractivity (Wildman–Crippen MR) is 78.9 cm³/mol. The van der Waals surface area contributed by atoms with E-state index in [0.717, 1.165) is 5.56 Å². The molecule has 0 amide bonds. The fraction of sp³-hybridized carbons (Fsp3) is 0.500. The smallest absolute Gasteiger partial charge is 0.184 e. The van der Waals surface area contributed by atoms with Crippen LogP contribution in [-0.4, -0.2) is 59.2 Å². The monoisotopic (exact) mass is 310 g/mol. The second kappa shape index (κ2) is 8.38. The van der Waals surface area contributed by atoms with Crippen molar-refractivity contribution in [2.45, 2.75) is 37.3 Å². The van der Waals surface area contributed by atoms with Gasteiger partial charge in [-0.05, 0) is 5.56 Å². The second-order valence-electron chi connectivity index (χ2n) is 5.13. The van der Waals surface area contributed by atoms with Crippen LogP contribution in [0.2, 0.25) is 0 Å². The van der Waals surface area contributed by atoms with Crippen molar-refractivity contribution >= 4 is 0 Å². The normalized spacial score (nSPS) is 31.9. The van der Waals surface area contributed by atoms with Crippen LogP contribution in [-0.2, 0) is 20.8 Å². The van der Waals surface area contributed by atoms with Crippen LogP contribution in [0.4, 0.5) is 0 Å². The summed E-state index contributed by atoms with van der Waals surface area (Å²) in [4.78, 5) is 0. The van der Waals surface area contributed by atoms with Crippen molar-refractivity contribution in [2.24, 2.45) is 0 Å². The highest BCUT2D eigenvalue weighted by molar-refractivity contribution is 5.13. The van der Waals surface area contributed by atoms with Gasteiger partial charge in [0, 0.05) is 0 Å². The zero-order valence-electron chi connectivity index (χ0n) is 12.2. The van der Waals surface area contributed by atoms with E-state index in [4.69, 9.17) is 14.2 Å². The average Bonchev–Trinajstić information content (AvgIpc) is 2.53. The summed E-state index contributed by atoms with van der Waals surface area (Å²) >= 11 is 0. The molecule has 6 heteroatoms. The summed E-state index contributed by atoms with van der Waals surface area (Å²) in [5, 5.41) is 29.7. The summed E-state index contributed by atoms with van der Waals surface area (Å²) < 4.78 is 16.0. The molecule has 0 radical (unpaired) electrons. The first-order valence-electron chi connectivity index (χ1n) is 7.17. The summed E-state index contributed by atoms with van der Waals surface area (Å²) in [7, 11) is 0. The molecule has 0 aliphatic carbocycles. The number of aliphatic hydroxyl groups is 3. The molecule has 0 saturated carbocycles. The fourth-order valence-corrected chi connectivity index (χ4v) is 2.30. The number of rotatable bonds is 7. The van der Waals surface area contributed by atoms with E-state index in [1.54, 1.807) is 0 Å². The van der Waals surface area contributed by atoms with Crippen molar-refractivity contribution in [3.63, 3.8) is 0 Å². The van der Waals surface area contributed by atoms with Gasteiger partial charge < -0.3 is 29.5 Å². The first kappa shape index (κ1) is 17.1. The third kappa shape index (κ3) is 4.36. The molecule has 3 N–H and O–H groups in total. The third-order valence-corrected chi connectivity index (χ3v) is 3.46. The zero-order chi connectivity index (χ0) is 15.9. The van der Waals surface area contributed by atoms with Gasteiger partial charge in [0.1, 0.15) is 24.4 Å². The summed E-state index contributed by atoms with van der Waals surface area (Å²) in [5.74, 6) is 0. The van der Waals surface area contributed by atoms with Crippen molar-refractivity contribution in [1.82, 2.24) is 0 Å². The predicted octanol–water partition coefficient (Wildman–Crippen LogP) is 0.213. The van der Waals surface area contributed by atoms with Crippen molar-refractivity contribution in [3.05, 3.63) is 48.6 Å². The Bertz CT molecular complexity index is 451. The Morgan fingerprint density at radius 1 is 1.14 bits per heavy atom. The quantitative estimate of drug-likeness (QED) is 0.624. The van der Waals surface area contributed by atoms with E-state index in [0.29, 0.717) is 6.61 Å². The highest BCUT2D eigenvalue weighted by Crippen LogP contribution is 2.23. The molecule has 1 aromatic rings. The molecular formula is C16H22O6. The van der Waals surface area contributed by atoms with Crippen LogP contribution >= 0.6 is 0 Å². The molecule has 1 saturated heterocycles. The Morgan fingerprint density at radius 3 is 2.55 bits per heavy atom. The minimum Gasteiger partial charge on any atom is -0.387 e. The summed E-state index contributed by atoms with van der Waals surface area (Å²) in [6.07, 6.45) is -4.08. The minimum atomic E-state index is -1.43. The molecule has 1 fully saturated rings. The van der Waals surface area contributed by atoms with Gasteiger partial charge in [-0.1, -0.05) is 36.4 Å². The number of ether oxygens (including phenoxy) is 3. The fourth-order valence-electron chi connectivity index (χ4n) is 2.30. The molecule has 0 unspecified atom stereocenters. The van der Waals surface area contributed by atoms with E-state index in [9.17, 15) is 15.3 Å². The Balaban J connectivity index is 1.87. The number of aliphatic hydroxyl groups excluding tert-OH is 3. The van der Waals surface area contributed by atoms with Crippen LogP contribution < -0.4 is 0 Å². The molecule has 122 valence electrons. The lowest BCUT2D eigenvalue weighted by molar-refractivity contribution is -0.295. The molecule has 2 rings (SSSR count). The van der Waals surface area contributed by atoms with Gasteiger partial charge in [-0.2, -0.15) is 0 Å². The Morgan fingerprint density at radius 2 is 1.86 bits per heavy atom. The highest BCUT2D eigenvalue weighted by Gasteiger charge is 2.44. The number of hydrogen-bond acceptors (Lipinski definition) is 6. The van der Waals surface area contributed by atoms with Crippen LogP contribution in [0.15, 0.2) is 43.0 Å². The van der Waals surface area contributed by atoms with Crippen LogP contribution in [0.25, 0.3) is 0 Å². The van der Waals surface area contributed by atoms with Crippen molar-refractivity contribution in [1.29, 1.82) is 0 Å². The molecule has 5 atom stereocenters. The molecule has 1 heterocycles. The van der Waals surface area contributed by atoms with E-state index in [1.165, 1.54) is 6.08 Å². The Hall–Kier alpha value is -1.28. The minimum absolute atomic E-state index is 0.0772. The molecular weight excluding hydrogens is 288 g/mol. The van der Waals surface area contributed by atoms with E-state index in [2.05, 4.69) is 6.58 Å². The van der Waals surface area contributed by atoms with Gasteiger partial charge in [0.2, 0.25) is 0 Å². The Kier molecular flexibility index (Phi) is 6.50. The second-order valence-corrected chi connectivity index (χ2v) is 5.13. The van der Waals surface area contributed by atoms with Gasteiger partial charge in [-0.25, -0.2) is 0 Å². The number of benzene rings is 1. The third-order valence-electron chi connectivity index (χ3n) is 3.46. The summed E-state index contributed by atoms with van der Waals surface area (Å²) in [5.41, 5.74) is 0.993. The first-order chi connectivity index (χ1) is 10.6. The highest BCUT2D eigenvalue weighted by atomic mass is 16.7. The van der Waals surface area contributed by atoms with Gasteiger partial charge in [0.25, 0.3) is 0 Å². The first-order valence-corrected chi connectivity index (χ1v) is 7.17. The van der Waals surface area contributed by atoms with Crippen LogP contribution in [0, 0.1) is 0 Å². The SMILES string of the molecule is C=CCO[C@@H]1[C@H](O)[C@H](O)O[C@@H](COCc2ccccc2)[C@H]1O. The maximum absolute atomic E-state index is 10.2. The van der Waals surface area contributed by atoms with E-state index >= 15 is 0 Å². The molecule has 1 aliphatic rings. The summed E-state index contributed by atoms with van der Waals surface area (Å²) in [6, 6.07) is 9.57. The molecule has 0 spiro atoms. The largest absolute Gasteiger partial charge is 0.387 e. The van der Waals surface area contributed by atoms with Crippen LogP contribution in [0.5, 0.6) is 0 Å². The molecule has 0 bridgehead atoms. The molecule has 0 aromatic heterocycles. The van der Waals surface area contributed by atoms with Crippen molar-refractivity contribution in [2.75, 3.05) is 13.2 Å². The van der Waals surface area contributed by atoms with Crippen molar-refractivity contribution in [3.8, 4) is 0 Å².